The van der Waals surface area contributed by atoms with Crippen LogP contribution in [0.4, 0.5) is 5.69 Å². The van der Waals surface area contributed by atoms with Gasteiger partial charge in [-0.2, -0.15) is 0 Å². The average molecular weight is 937 g/mol. The third-order valence-electron chi connectivity index (χ3n) is 11.2. The van der Waals surface area contributed by atoms with E-state index in [0.717, 1.165) is 33.2 Å². The van der Waals surface area contributed by atoms with Crippen molar-refractivity contribution in [1.82, 2.24) is 29.6 Å². The summed E-state index contributed by atoms with van der Waals surface area (Å²) >= 11 is 7.90. The Morgan fingerprint density at radius 1 is 0.833 bits per heavy atom. The quantitative estimate of drug-likeness (QED) is 0.0677. The van der Waals surface area contributed by atoms with Crippen LogP contribution in [0.5, 0.6) is 11.5 Å². The van der Waals surface area contributed by atoms with Crippen LogP contribution in [0.25, 0.3) is 15.9 Å². The number of para-hydroxylation sites is 1. The number of rotatable bonds is 19. The number of carbonyl (C=O) groups excluding carboxylic acids is 3. The van der Waals surface area contributed by atoms with E-state index in [1.807, 2.05) is 35.8 Å². The number of imide groups is 1. The van der Waals surface area contributed by atoms with Gasteiger partial charge in [-0.05, 0) is 88.2 Å². The molecule has 2 N–H and O–H groups in total. The number of benzene rings is 3. The zero-order valence-electron chi connectivity index (χ0n) is 36.9. The van der Waals surface area contributed by atoms with Gasteiger partial charge in [0.15, 0.2) is 5.82 Å². The molecule has 0 aliphatic carbocycles. The largest absolute Gasteiger partial charge is 0.491 e. The van der Waals surface area contributed by atoms with E-state index < -0.39 is 18.0 Å². The van der Waals surface area contributed by atoms with Crippen LogP contribution in [0.1, 0.15) is 70.4 Å². The molecule has 1 unspecified atom stereocenters. The Kier molecular flexibility index (Phi) is 14.6. The lowest BCUT2D eigenvalue weighted by atomic mass is 9.99. The molecule has 2 atom stereocenters. The average Bonchev–Trinajstić information content (AvgIpc) is 3.78. The van der Waals surface area contributed by atoms with Crippen LogP contribution >= 0.6 is 22.9 Å². The lowest BCUT2D eigenvalue weighted by Gasteiger charge is -2.24. The Morgan fingerprint density at radius 3 is 2.21 bits per heavy atom. The van der Waals surface area contributed by atoms with Gasteiger partial charge in [0.25, 0.3) is 5.56 Å². The number of anilines is 1. The van der Waals surface area contributed by atoms with Crippen molar-refractivity contribution in [2.24, 2.45) is 4.99 Å². The Morgan fingerprint density at radius 2 is 1.52 bits per heavy atom. The molecule has 3 aromatic heterocycles. The van der Waals surface area contributed by atoms with E-state index in [2.05, 4.69) is 39.7 Å². The summed E-state index contributed by atoms with van der Waals surface area (Å²) in [4.78, 5) is 61.9. The van der Waals surface area contributed by atoms with Gasteiger partial charge in [0.05, 0.1) is 57.2 Å². The number of amides is 3. The number of thiophene rings is 1. The topological polar surface area (TPSA) is 199 Å². The van der Waals surface area contributed by atoms with E-state index >= 15 is 0 Å². The van der Waals surface area contributed by atoms with Crippen molar-refractivity contribution in [2.45, 2.75) is 59.0 Å². The molecule has 0 saturated carbocycles. The van der Waals surface area contributed by atoms with Crippen LogP contribution in [0, 0.1) is 27.7 Å². The van der Waals surface area contributed by atoms with Gasteiger partial charge in [0.2, 0.25) is 17.7 Å². The lowest BCUT2D eigenvalue weighted by Crippen LogP contribution is -2.45. The summed E-state index contributed by atoms with van der Waals surface area (Å²) in [5, 5.41) is 16.1. The maximum atomic E-state index is 13.5. The number of carbonyl (C=O) groups is 3. The summed E-state index contributed by atoms with van der Waals surface area (Å²) in [6, 6.07) is 18.4. The SMILES string of the molecule is Cc1sc2c(c1C)C(c1ccc(Cl)cc1)=N[C@H](CC(=O)Nc1ccc(OCCOCCOCCOCCOc3cccc4c(=O)n(C5CCC(=O)NC5=O)c(C)nc34)cc1)c1nnc(C)n1-2. The van der Waals surface area contributed by atoms with Gasteiger partial charge in [-0.1, -0.05) is 29.8 Å². The van der Waals surface area contributed by atoms with Gasteiger partial charge in [0.1, 0.15) is 59.0 Å². The molecule has 6 aromatic rings. The standard InChI is InChI=1S/C47H49ClN8O9S/c1-27-28(2)66-47-41(27)42(31-8-10-32(48)11-9-31)51-36(44-54-53-30(4)56(44)47)26-40(58)50-33-12-14-34(15-13-33)64-24-22-62-20-18-61-19-21-63-23-25-65-38-7-5-6-35-43(38)49-29(3)55(46(35)60)37-16-17-39(57)52-45(37)59/h5-15,36-37H,16-26H2,1-4H3,(H,50,58)(H,52,57,59)/t36-,37?/m1/s1. The number of aryl methyl sites for hydroxylation is 3. The van der Waals surface area contributed by atoms with Crippen LogP contribution < -0.4 is 25.7 Å². The number of fused-ring (bicyclic) bond motifs is 4. The van der Waals surface area contributed by atoms with Crippen LogP contribution in [0.15, 0.2) is 76.5 Å². The Hall–Kier alpha value is -6.31. The first-order valence-electron chi connectivity index (χ1n) is 21.6. The molecule has 19 heteroatoms. The van der Waals surface area contributed by atoms with Crippen molar-refractivity contribution < 1.29 is 38.1 Å². The van der Waals surface area contributed by atoms with Gasteiger partial charge in [-0.25, -0.2) is 4.98 Å². The highest BCUT2D eigenvalue weighted by atomic mass is 35.5. The molecular formula is C47H49ClN8O9S. The molecule has 2 aliphatic heterocycles. The number of piperidine rings is 1. The zero-order valence-corrected chi connectivity index (χ0v) is 38.5. The van der Waals surface area contributed by atoms with E-state index in [1.54, 1.807) is 60.7 Å². The summed E-state index contributed by atoms with van der Waals surface area (Å²) < 4.78 is 32.0. The molecule has 344 valence electrons. The predicted molar refractivity (Wildman–Crippen MR) is 249 cm³/mol. The van der Waals surface area contributed by atoms with Gasteiger partial charge in [-0.3, -0.25) is 38.6 Å². The highest BCUT2D eigenvalue weighted by Gasteiger charge is 2.33. The fourth-order valence-corrected chi connectivity index (χ4v) is 9.18. The van der Waals surface area contributed by atoms with E-state index in [-0.39, 0.29) is 49.8 Å². The van der Waals surface area contributed by atoms with Gasteiger partial charge in [-0.15, -0.1) is 21.5 Å². The summed E-state index contributed by atoms with van der Waals surface area (Å²) in [5.41, 5.74) is 4.46. The number of halogens is 1. The number of nitrogens with one attached hydrogen (secondary N) is 2. The van der Waals surface area contributed by atoms with Crippen LogP contribution in [0.3, 0.4) is 0 Å². The predicted octanol–water partition coefficient (Wildman–Crippen LogP) is 6.33. The van der Waals surface area contributed by atoms with Crippen molar-refractivity contribution in [3.63, 3.8) is 0 Å². The van der Waals surface area contributed by atoms with Crippen molar-refractivity contribution in [2.75, 3.05) is 58.2 Å². The first kappa shape index (κ1) is 46.2. The molecule has 1 fully saturated rings. The number of nitrogens with zero attached hydrogens (tertiary/aromatic N) is 6. The molecule has 17 nitrogen and oxygen atoms in total. The van der Waals surface area contributed by atoms with Crippen molar-refractivity contribution in [3.8, 4) is 16.5 Å². The maximum absolute atomic E-state index is 13.5. The molecule has 0 bridgehead atoms. The monoisotopic (exact) mass is 936 g/mol. The number of ether oxygens (including phenoxy) is 5. The molecule has 8 rings (SSSR count). The van der Waals surface area contributed by atoms with Gasteiger partial charge < -0.3 is 29.0 Å². The third-order valence-corrected chi connectivity index (χ3v) is 12.6. The smallest absolute Gasteiger partial charge is 0.262 e. The fourth-order valence-electron chi connectivity index (χ4n) is 7.84. The Labute approximate surface area is 389 Å². The van der Waals surface area contributed by atoms with E-state index in [1.165, 1.54) is 9.44 Å². The number of hydrogen-bond acceptors (Lipinski definition) is 14. The number of hydrogen-bond donors (Lipinski definition) is 2. The summed E-state index contributed by atoms with van der Waals surface area (Å²) in [6.07, 6.45) is 0.443. The lowest BCUT2D eigenvalue weighted by molar-refractivity contribution is -0.135. The molecule has 1 saturated heterocycles. The highest BCUT2D eigenvalue weighted by Crippen LogP contribution is 2.40. The second-order valence-corrected chi connectivity index (χ2v) is 17.3. The first-order valence-corrected chi connectivity index (χ1v) is 22.8. The minimum atomic E-state index is -0.799. The summed E-state index contributed by atoms with van der Waals surface area (Å²) in [5.74, 6) is 1.67. The van der Waals surface area contributed by atoms with E-state index in [4.69, 9.17) is 40.3 Å². The fraction of sp³-hybridized carbons (Fsp3) is 0.362. The molecule has 0 spiro atoms. The van der Waals surface area contributed by atoms with Gasteiger partial charge in [0, 0.05) is 33.1 Å². The van der Waals surface area contributed by atoms with E-state index in [0.29, 0.717) is 84.4 Å². The van der Waals surface area contributed by atoms with Crippen molar-refractivity contribution >= 4 is 63.0 Å². The zero-order chi connectivity index (χ0) is 46.3. The summed E-state index contributed by atoms with van der Waals surface area (Å²) in [6.45, 7) is 10.4. The van der Waals surface area contributed by atoms with Crippen LogP contribution in [0.2, 0.25) is 5.02 Å². The minimum Gasteiger partial charge on any atom is -0.491 e. The Bertz CT molecular complexity index is 2840. The molecule has 3 amide bonds. The summed E-state index contributed by atoms with van der Waals surface area (Å²) in [7, 11) is 0. The molecule has 5 heterocycles. The second-order valence-electron chi connectivity index (χ2n) is 15.7. The van der Waals surface area contributed by atoms with Crippen molar-refractivity contribution in [3.05, 3.63) is 121 Å². The first-order chi connectivity index (χ1) is 32.0. The maximum Gasteiger partial charge on any atom is 0.262 e. The molecule has 2 aliphatic rings. The normalized spacial score (nSPS) is 15.7. The molecular weight excluding hydrogens is 888 g/mol. The second kappa shape index (κ2) is 20.9. The molecule has 0 radical (unpaired) electrons. The molecule has 66 heavy (non-hydrogen) atoms. The van der Waals surface area contributed by atoms with Crippen molar-refractivity contribution in [1.29, 1.82) is 0 Å². The van der Waals surface area contributed by atoms with Crippen LogP contribution in [-0.4, -0.2) is 101 Å². The molecule has 3 aromatic carbocycles. The number of aliphatic imine (C=N–C) groups is 1. The van der Waals surface area contributed by atoms with Gasteiger partial charge >= 0.3 is 0 Å². The number of aromatic nitrogens is 5. The third kappa shape index (κ3) is 10.4. The van der Waals surface area contributed by atoms with Crippen LogP contribution in [-0.2, 0) is 28.6 Å². The Balaban J connectivity index is 0.722. The van der Waals surface area contributed by atoms with E-state index in [9.17, 15) is 19.2 Å². The highest BCUT2D eigenvalue weighted by molar-refractivity contribution is 7.15. The minimum absolute atomic E-state index is 0.0545.